The SMILES string of the molecule is CCCNC(c1ccc(Cl)c(Cl)c1)C(C)CCOC. The van der Waals surface area contributed by atoms with Gasteiger partial charge in [-0.15, -0.1) is 0 Å². The van der Waals surface area contributed by atoms with Crippen LogP contribution < -0.4 is 5.32 Å². The molecule has 0 aliphatic carbocycles. The summed E-state index contributed by atoms with van der Waals surface area (Å²) in [5.41, 5.74) is 1.19. The Labute approximate surface area is 126 Å². The van der Waals surface area contributed by atoms with E-state index < -0.39 is 0 Å². The normalized spacial score (nSPS) is 14.4. The summed E-state index contributed by atoms with van der Waals surface area (Å²) in [6.45, 7) is 6.16. The average Bonchev–Trinajstić information content (AvgIpc) is 2.40. The first-order chi connectivity index (χ1) is 9.10. The Kier molecular flexibility index (Phi) is 7.77. The van der Waals surface area contributed by atoms with Crippen molar-refractivity contribution in [1.82, 2.24) is 5.32 Å². The van der Waals surface area contributed by atoms with Crippen LogP contribution in [-0.4, -0.2) is 20.3 Å². The molecule has 0 fully saturated rings. The van der Waals surface area contributed by atoms with Gasteiger partial charge in [-0.05, 0) is 43.0 Å². The molecule has 1 aromatic rings. The molecule has 0 aromatic heterocycles. The molecule has 2 atom stereocenters. The summed E-state index contributed by atoms with van der Waals surface area (Å²) >= 11 is 12.1. The first-order valence-electron chi connectivity index (χ1n) is 6.77. The molecule has 108 valence electrons. The third-order valence-electron chi connectivity index (χ3n) is 3.26. The van der Waals surface area contributed by atoms with E-state index in [1.165, 1.54) is 5.56 Å². The van der Waals surface area contributed by atoms with E-state index in [-0.39, 0.29) is 6.04 Å². The first kappa shape index (κ1) is 16.8. The monoisotopic (exact) mass is 303 g/mol. The zero-order valence-electron chi connectivity index (χ0n) is 11.9. The molecule has 2 nitrogen and oxygen atoms in total. The molecule has 0 saturated carbocycles. The highest BCUT2D eigenvalue weighted by Gasteiger charge is 2.19. The molecule has 0 aliphatic rings. The van der Waals surface area contributed by atoms with E-state index in [2.05, 4.69) is 19.2 Å². The van der Waals surface area contributed by atoms with Gasteiger partial charge in [0.05, 0.1) is 10.0 Å². The van der Waals surface area contributed by atoms with E-state index in [0.717, 1.165) is 26.0 Å². The molecular weight excluding hydrogens is 281 g/mol. The van der Waals surface area contributed by atoms with E-state index in [1.807, 2.05) is 18.2 Å². The summed E-state index contributed by atoms with van der Waals surface area (Å²) in [4.78, 5) is 0. The van der Waals surface area contributed by atoms with Crippen LogP contribution in [0, 0.1) is 5.92 Å². The molecule has 1 N–H and O–H groups in total. The van der Waals surface area contributed by atoms with Gasteiger partial charge in [0, 0.05) is 19.8 Å². The highest BCUT2D eigenvalue weighted by molar-refractivity contribution is 6.42. The Balaban J connectivity index is 2.84. The Bertz CT molecular complexity index is 384. The summed E-state index contributed by atoms with van der Waals surface area (Å²) < 4.78 is 5.17. The number of methoxy groups -OCH3 is 1. The van der Waals surface area contributed by atoms with Crippen molar-refractivity contribution < 1.29 is 4.74 Å². The summed E-state index contributed by atoms with van der Waals surface area (Å²) in [6, 6.07) is 6.15. The number of ether oxygens (including phenoxy) is 1. The predicted molar refractivity (Wildman–Crippen MR) is 83.2 cm³/mol. The van der Waals surface area contributed by atoms with E-state index in [9.17, 15) is 0 Å². The van der Waals surface area contributed by atoms with Crippen molar-refractivity contribution in [1.29, 1.82) is 0 Å². The lowest BCUT2D eigenvalue weighted by Crippen LogP contribution is -2.28. The molecule has 0 radical (unpaired) electrons. The van der Waals surface area contributed by atoms with E-state index in [0.29, 0.717) is 16.0 Å². The fourth-order valence-corrected chi connectivity index (χ4v) is 2.43. The van der Waals surface area contributed by atoms with Crippen molar-refractivity contribution in [3.05, 3.63) is 33.8 Å². The minimum Gasteiger partial charge on any atom is -0.385 e. The number of benzene rings is 1. The van der Waals surface area contributed by atoms with Crippen LogP contribution in [0.4, 0.5) is 0 Å². The Morgan fingerprint density at radius 1 is 1.26 bits per heavy atom. The van der Waals surface area contributed by atoms with E-state index >= 15 is 0 Å². The second kappa shape index (κ2) is 8.80. The lowest BCUT2D eigenvalue weighted by Gasteiger charge is -2.26. The molecule has 1 rings (SSSR count). The molecule has 4 heteroatoms. The number of rotatable bonds is 8. The summed E-state index contributed by atoms with van der Waals surface area (Å²) in [5.74, 6) is 0.476. The highest BCUT2D eigenvalue weighted by Crippen LogP contribution is 2.30. The number of nitrogens with one attached hydrogen (secondary N) is 1. The van der Waals surface area contributed by atoms with Crippen LogP contribution >= 0.6 is 23.2 Å². The lowest BCUT2D eigenvalue weighted by atomic mass is 9.92. The van der Waals surface area contributed by atoms with Crippen molar-refractivity contribution >= 4 is 23.2 Å². The zero-order chi connectivity index (χ0) is 14.3. The molecule has 19 heavy (non-hydrogen) atoms. The zero-order valence-corrected chi connectivity index (χ0v) is 13.4. The Morgan fingerprint density at radius 2 is 2.00 bits per heavy atom. The molecule has 0 aliphatic heterocycles. The molecule has 0 spiro atoms. The summed E-state index contributed by atoms with van der Waals surface area (Å²) in [7, 11) is 1.74. The van der Waals surface area contributed by atoms with Crippen LogP contribution in [-0.2, 0) is 4.74 Å². The predicted octanol–water partition coefficient (Wildman–Crippen LogP) is 4.71. The first-order valence-corrected chi connectivity index (χ1v) is 7.53. The molecule has 0 saturated heterocycles. The van der Waals surface area contributed by atoms with Gasteiger partial charge in [0.25, 0.3) is 0 Å². The minimum absolute atomic E-state index is 0.282. The molecule has 0 heterocycles. The van der Waals surface area contributed by atoms with Gasteiger partial charge in [0.1, 0.15) is 0 Å². The van der Waals surface area contributed by atoms with E-state index in [1.54, 1.807) is 7.11 Å². The largest absolute Gasteiger partial charge is 0.385 e. The van der Waals surface area contributed by atoms with Crippen LogP contribution in [0.2, 0.25) is 10.0 Å². The lowest BCUT2D eigenvalue weighted by molar-refractivity contribution is 0.170. The van der Waals surface area contributed by atoms with Gasteiger partial charge in [-0.1, -0.05) is 43.1 Å². The average molecular weight is 304 g/mol. The highest BCUT2D eigenvalue weighted by atomic mass is 35.5. The molecule has 1 aromatic carbocycles. The second-order valence-corrected chi connectivity index (χ2v) is 5.68. The molecule has 0 bridgehead atoms. The van der Waals surface area contributed by atoms with Crippen LogP contribution in [0.3, 0.4) is 0 Å². The second-order valence-electron chi connectivity index (χ2n) is 4.86. The molecule has 2 unspecified atom stereocenters. The Hall–Kier alpha value is -0.280. The third kappa shape index (κ3) is 5.31. The van der Waals surface area contributed by atoms with Crippen molar-refractivity contribution in [3.8, 4) is 0 Å². The van der Waals surface area contributed by atoms with Gasteiger partial charge in [-0.25, -0.2) is 0 Å². The van der Waals surface area contributed by atoms with Crippen molar-refractivity contribution in [2.24, 2.45) is 5.92 Å². The summed E-state index contributed by atoms with van der Waals surface area (Å²) in [5, 5.41) is 4.80. The Morgan fingerprint density at radius 3 is 2.58 bits per heavy atom. The van der Waals surface area contributed by atoms with Gasteiger partial charge in [-0.2, -0.15) is 0 Å². The minimum atomic E-state index is 0.282. The topological polar surface area (TPSA) is 21.3 Å². The van der Waals surface area contributed by atoms with Gasteiger partial charge in [0.15, 0.2) is 0 Å². The van der Waals surface area contributed by atoms with Gasteiger partial charge in [-0.3, -0.25) is 0 Å². The van der Waals surface area contributed by atoms with Crippen LogP contribution in [0.25, 0.3) is 0 Å². The fourth-order valence-electron chi connectivity index (χ4n) is 2.12. The van der Waals surface area contributed by atoms with Crippen molar-refractivity contribution in [2.45, 2.75) is 32.7 Å². The van der Waals surface area contributed by atoms with Crippen molar-refractivity contribution in [3.63, 3.8) is 0 Å². The van der Waals surface area contributed by atoms with Gasteiger partial charge in [0.2, 0.25) is 0 Å². The smallest absolute Gasteiger partial charge is 0.0595 e. The molecule has 0 amide bonds. The fraction of sp³-hybridized carbons (Fsp3) is 0.600. The number of halogens is 2. The van der Waals surface area contributed by atoms with Crippen molar-refractivity contribution in [2.75, 3.05) is 20.3 Å². The molecular formula is C15H23Cl2NO. The maximum atomic E-state index is 6.12. The van der Waals surface area contributed by atoms with Crippen LogP contribution in [0.1, 0.15) is 38.3 Å². The van der Waals surface area contributed by atoms with Gasteiger partial charge >= 0.3 is 0 Å². The number of hydrogen-bond acceptors (Lipinski definition) is 2. The maximum absolute atomic E-state index is 6.12. The van der Waals surface area contributed by atoms with E-state index in [4.69, 9.17) is 27.9 Å². The summed E-state index contributed by atoms with van der Waals surface area (Å²) in [6.07, 6.45) is 2.12. The standard InChI is InChI=1S/C15H23Cl2NO/c1-4-8-18-15(11(2)7-9-19-3)12-5-6-13(16)14(17)10-12/h5-6,10-11,15,18H,4,7-9H2,1-3H3. The van der Waals surface area contributed by atoms with Crippen LogP contribution in [0.5, 0.6) is 0 Å². The van der Waals surface area contributed by atoms with Gasteiger partial charge < -0.3 is 10.1 Å². The number of hydrogen-bond donors (Lipinski definition) is 1. The van der Waals surface area contributed by atoms with Crippen LogP contribution in [0.15, 0.2) is 18.2 Å². The third-order valence-corrected chi connectivity index (χ3v) is 4.00. The maximum Gasteiger partial charge on any atom is 0.0595 e. The quantitative estimate of drug-likeness (QED) is 0.751.